The molecule has 0 heterocycles. The Balaban J connectivity index is 2.71. The number of benzene rings is 1. The minimum absolute atomic E-state index is 0.108. The summed E-state index contributed by atoms with van der Waals surface area (Å²) < 4.78 is 0. The molecule has 16 heavy (non-hydrogen) atoms. The second-order valence-electron chi connectivity index (χ2n) is 3.64. The number of carbonyl (C=O) groups excluding carboxylic acids is 2. The number of hydrogen-bond acceptors (Lipinski definition) is 3. The lowest BCUT2D eigenvalue weighted by Gasteiger charge is -2.15. The Kier molecular flexibility index (Phi) is 3.88. The van der Waals surface area contributed by atoms with Crippen LogP contribution in [0.1, 0.15) is 12.0 Å². The molecule has 0 fully saturated rings. The van der Waals surface area contributed by atoms with Gasteiger partial charge < -0.3 is 16.8 Å². The molecule has 86 valence electrons. The Hall–Kier alpha value is -2.04. The second kappa shape index (κ2) is 5.16. The van der Waals surface area contributed by atoms with Crippen molar-refractivity contribution in [3.8, 4) is 0 Å². The number of nitrogens with one attached hydrogen (secondary N) is 1. The lowest BCUT2D eigenvalue weighted by molar-refractivity contribution is -0.123. The molecule has 0 saturated heterocycles. The molecule has 5 N–H and O–H groups in total. The van der Waals surface area contributed by atoms with E-state index in [1.54, 1.807) is 0 Å². The van der Waals surface area contributed by atoms with Gasteiger partial charge in [0, 0.05) is 5.69 Å². The van der Waals surface area contributed by atoms with Gasteiger partial charge in [0.15, 0.2) is 0 Å². The molecule has 1 unspecified atom stereocenters. The Bertz CT molecular complexity index is 387. The van der Waals surface area contributed by atoms with Crippen LogP contribution in [0.4, 0.5) is 5.69 Å². The minimum atomic E-state index is -0.764. The predicted octanol–water partition coefficient (Wildman–Crippen LogP) is 0.136. The molecule has 0 radical (unpaired) electrons. The molecule has 0 aliphatic rings. The van der Waals surface area contributed by atoms with Crippen molar-refractivity contribution < 1.29 is 9.59 Å². The zero-order chi connectivity index (χ0) is 12.1. The molecule has 0 aromatic heterocycles. The molecule has 1 atom stereocenters. The van der Waals surface area contributed by atoms with E-state index in [2.05, 4.69) is 5.32 Å². The van der Waals surface area contributed by atoms with Crippen LogP contribution in [0.15, 0.2) is 24.3 Å². The average molecular weight is 221 g/mol. The van der Waals surface area contributed by atoms with Crippen LogP contribution in [0.3, 0.4) is 0 Å². The normalized spacial score (nSPS) is 11.8. The van der Waals surface area contributed by atoms with E-state index in [4.69, 9.17) is 11.5 Å². The van der Waals surface area contributed by atoms with Crippen LogP contribution in [0.5, 0.6) is 0 Å². The molecule has 0 spiro atoms. The number of rotatable bonds is 5. The van der Waals surface area contributed by atoms with Gasteiger partial charge in [-0.15, -0.1) is 0 Å². The summed E-state index contributed by atoms with van der Waals surface area (Å²) in [6.07, 6.45) is -0.108. The number of nitrogens with two attached hydrogens (primary N) is 2. The van der Waals surface area contributed by atoms with Gasteiger partial charge in [0.25, 0.3) is 0 Å². The summed E-state index contributed by atoms with van der Waals surface area (Å²) >= 11 is 0. The summed E-state index contributed by atoms with van der Waals surface area (Å²) in [7, 11) is 0. The maximum atomic E-state index is 11.1. The van der Waals surface area contributed by atoms with Gasteiger partial charge in [-0.2, -0.15) is 0 Å². The minimum Gasteiger partial charge on any atom is -0.373 e. The first-order chi connectivity index (χ1) is 7.49. The fourth-order valence-corrected chi connectivity index (χ4v) is 1.27. The molecule has 1 rings (SSSR count). The Morgan fingerprint density at radius 1 is 1.25 bits per heavy atom. The van der Waals surface area contributed by atoms with Crippen molar-refractivity contribution in [2.24, 2.45) is 11.5 Å². The fourth-order valence-electron chi connectivity index (χ4n) is 1.27. The van der Waals surface area contributed by atoms with Crippen molar-refractivity contribution in [1.29, 1.82) is 0 Å². The Morgan fingerprint density at radius 2 is 1.81 bits per heavy atom. The lowest BCUT2D eigenvalue weighted by Crippen LogP contribution is -2.38. The molecule has 0 bridgehead atoms. The number of carbonyl (C=O) groups is 2. The zero-order valence-corrected chi connectivity index (χ0v) is 9.07. The molecule has 1 aromatic carbocycles. The molecule has 5 heteroatoms. The molecule has 0 aliphatic heterocycles. The Morgan fingerprint density at radius 3 is 2.25 bits per heavy atom. The molecular formula is C11H15N3O2. The molecule has 0 saturated carbocycles. The van der Waals surface area contributed by atoms with E-state index in [1.807, 2.05) is 31.2 Å². The first-order valence-electron chi connectivity index (χ1n) is 4.90. The number of primary amides is 2. The number of amides is 2. The highest BCUT2D eigenvalue weighted by Crippen LogP contribution is 2.11. The molecule has 0 aliphatic carbocycles. The third-order valence-corrected chi connectivity index (χ3v) is 2.14. The van der Waals surface area contributed by atoms with Gasteiger partial charge in [-0.25, -0.2) is 0 Å². The van der Waals surface area contributed by atoms with E-state index >= 15 is 0 Å². The van der Waals surface area contributed by atoms with Crippen molar-refractivity contribution >= 4 is 17.5 Å². The van der Waals surface area contributed by atoms with E-state index in [9.17, 15) is 9.59 Å². The quantitative estimate of drug-likeness (QED) is 0.659. The van der Waals surface area contributed by atoms with Crippen LogP contribution < -0.4 is 16.8 Å². The maximum Gasteiger partial charge on any atom is 0.240 e. The van der Waals surface area contributed by atoms with Gasteiger partial charge in [-0.1, -0.05) is 17.7 Å². The van der Waals surface area contributed by atoms with Gasteiger partial charge in [0.1, 0.15) is 6.04 Å². The van der Waals surface area contributed by atoms with E-state index in [0.29, 0.717) is 0 Å². The fraction of sp³-hybridized carbons (Fsp3) is 0.273. The van der Waals surface area contributed by atoms with Gasteiger partial charge in [0.2, 0.25) is 11.8 Å². The monoisotopic (exact) mass is 221 g/mol. The third-order valence-electron chi connectivity index (χ3n) is 2.14. The molecule has 2 amide bonds. The third kappa shape index (κ3) is 3.61. The summed E-state index contributed by atoms with van der Waals surface area (Å²) in [6, 6.07) is 6.65. The van der Waals surface area contributed by atoms with Crippen LogP contribution in [-0.2, 0) is 9.59 Å². The first kappa shape index (κ1) is 12.0. The maximum absolute atomic E-state index is 11.1. The second-order valence-corrected chi connectivity index (χ2v) is 3.64. The average Bonchev–Trinajstić information content (AvgIpc) is 2.19. The highest BCUT2D eigenvalue weighted by atomic mass is 16.2. The van der Waals surface area contributed by atoms with E-state index < -0.39 is 17.9 Å². The van der Waals surface area contributed by atoms with Crippen molar-refractivity contribution in [1.82, 2.24) is 0 Å². The summed E-state index contributed by atoms with van der Waals surface area (Å²) in [5.74, 6) is -1.16. The zero-order valence-electron chi connectivity index (χ0n) is 9.07. The lowest BCUT2D eigenvalue weighted by atomic mass is 10.1. The largest absolute Gasteiger partial charge is 0.373 e. The summed E-state index contributed by atoms with van der Waals surface area (Å²) in [5.41, 5.74) is 12.0. The van der Waals surface area contributed by atoms with Crippen LogP contribution in [0.25, 0.3) is 0 Å². The topological polar surface area (TPSA) is 98.2 Å². The molecular weight excluding hydrogens is 206 g/mol. The number of anilines is 1. The SMILES string of the molecule is Cc1ccc(NC(CC(N)=O)C(N)=O)cc1. The number of hydrogen-bond donors (Lipinski definition) is 3. The van der Waals surface area contributed by atoms with Crippen molar-refractivity contribution in [3.63, 3.8) is 0 Å². The van der Waals surface area contributed by atoms with Crippen molar-refractivity contribution in [2.45, 2.75) is 19.4 Å². The van der Waals surface area contributed by atoms with Crippen LogP contribution in [-0.4, -0.2) is 17.9 Å². The van der Waals surface area contributed by atoms with Crippen molar-refractivity contribution in [3.05, 3.63) is 29.8 Å². The van der Waals surface area contributed by atoms with Gasteiger partial charge in [-0.3, -0.25) is 9.59 Å². The Labute approximate surface area is 93.8 Å². The standard InChI is InChI=1S/C11H15N3O2/c1-7-2-4-8(5-3-7)14-9(11(13)16)6-10(12)15/h2-5,9,14H,6H2,1H3,(H2,12,15)(H2,13,16). The smallest absolute Gasteiger partial charge is 0.240 e. The van der Waals surface area contributed by atoms with Crippen LogP contribution >= 0.6 is 0 Å². The van der Waals surface area contributed by atoms with Crippen LogP contribution in [0.2, 0.25) is 0 Å². The summed E-state index contributed by atoms with van der Waals surface area (Å²) in [4.78, 5) is 21.8. The van der Waals surface area contributed by atoms with E-state index in [0.717, 1.165) is 11.3 Å². The van der Waals surface area contributed by atoms with Crippen LogP contribution in [0, 0.1) is 6.92 Å². The van der Waals surface area contributed by atoms with Gasteiger partial charge in [0.05, 0.1) is 6.42 Å². The van der Waals surface area contributed by atoms with Gasteiger partial charge >= 0.3 is 0 Å². The van der Waals surface area contributed by atoms with Crippen molar-refractivity contribution in [2.75, 3.05) is 5.32 Å². The highest BCUT2D eigenvalue weighted by Gasteiger charge is 2.17. The summed E-state index contributed by atoms with van der Waals surface area (Å²) in [6.45, 7) is 1.96. The predicted molar refractivity (Wildman–Crippen MR) is 61.6 cm³/mol. The highest BCUT2D eigenvalue weighted by molar-refractivity contribution is 5.88. The van der Waals surface area contributed by atoms with E-state index in [-0.39, 0.29) is 6.42 Å². The first-order valence-corrected chi connectivity index (χ1v) is 4.90. The summed E-state index contributed by atoms with van der Waals surface area (Å²) in [5, 5.41) is 2.86. The molecule has 5 nitrogen and oxygen atoms in total. The molecule has 1 aromatic rings. The van der Waals surface area contributed by atoms with Gasteiger partial charge in [-0.05, 0) is 19.1 Å². The number of aryl methyl sites for hydroxylation is 1. The van der Waals surface area contributed by atoms with E-state index in [1.165, 1.54) is 0 Å².